The van der Waals surface area contributed by atoms with Crippen LogP contribution in [0, 0.1) is 26.6 Å². The summed E-state index contributed by atoms with van der Waals surface area (Å²) in [5.41, 5.74) is 9.30. The number of halogens is 1. The third-order valence-corrected chi connectivity index (χ3v) is 5.72. The summed E-state index contributed by atoms with van der Waals surface area (Å²) < 4.78 is 15.7. The van der Waals surface area contributed by atoms with E-state index >= 15 is 0 Å². The van der Waals surface area contributed by atoms with Crippen LogP contribution in [-0.4, -0.2) is 10.3 Å². The molecule has 0 radical (unpaired) electrons. The van der Waals surface area contributed by atoms with Crippen LogP contribution < -0.4 is 0 Å². The van der Waals surface area contributed by atoms with Crippen LogP contribution >= 0.6 is 0 Å². The van der Waals surface area contributed by atoms with Crippen molar-refractivity contribution in [3.8, 4) is 16.9 Å². The largest absolute Gasteiger partial charge is 0.391 e. The predicted molar refractivity (Wildman–Crippen MR) is 129 cm³/mol. The molecule has 3 nitrogen and oxygen atoms in total. The highest BCUT2D eigenvalue weighted by Gasteiger charge is 2.17. The number of rotatable bonds is 6. The highest BCUT2D eigenvalue weighted by molar-refractivity contribution is 6.01. The van der Waals surface area contributed by atoms with Gasteiger partial charge >= 0.3 is 0 Å². The number of benzene rings is 3. The smallest absolute Gasteiger partial charge is 0.142 e. The van der Waals surface area contributed by atoms with Crippen molar-refractivity contribution in [1.29, 1.82) is 0 Å². The van der Waals surface area contributed by atoms with Gasteiger partial charge in [0.25, 0.3) is 0 Å². The number of nitrogens with zero attached hydrogens (tertiary/aromatic N) is 2. The summed E-state index contributed by atoms with van der Waals surface area (Å²) in [5.74, 6) is -0.248. The van der Waals surface area contributed by atoms with E-state index in [1.807, 2.05) is 31.2 Å². The summed E-state index contributed by atoms with van der Waals surface area (Å²) in [6.45, 7) is 8.59. The first-order valence-electron chi connectivity index (χ1n) is 10.7. The van der Waals surface area contributed by atoms with E-state index in [2.05, 4.69) is 60.8 Å². The molecule has 32 heavy (non-hydrogen) atoms. The fourth-order valence-electron chi connectivity index (χ4n) is 3.93. The van der Waals surface area contributed by atoms with Gasteiger partial charge in [-0.25, -0.2) is 4.39 Å². The number of hydrogen-bond donors (Lipinski definition) is 0. The van der Waals surface area contributed by atoms with Crippen molar-refractivity contribution >= 4 is 5.71 Å². The molecule has 0 N–H and O–H groups in total. The third kappa shape index (κ3) is 4.50. The maximum absolute atomic E-state index is 13.6. The van der Waals surface area contributed by atoms with Crippen LogP contribution in [0.3, 0.4) is 0 Å². The number of oxime groups is 1. The van der Waals surface area contributed by atoms with Gasteiger partial charge in [-0.15, -0.1) is 0 Å². The molecule has 0 fully saturated rings. The average Bonchev–Trinajstić information content (AvgIpc) is 3.12. The van der Waals surface area contributed by atoms with Gasteiger partial charge in [0.2, 0.25) is 0 Å². The molecular formula is C28H27FN2O. The molecule has 0 amide bonds. The van der Waals surface area contributed by atoms with Gasteiger partial charge in [-0.2, -0.15) is 0 Å². The minimum absolute atomic E-state index is 0.248. The average molecular weight is 427 g/mol. The fourth-order valence-corrected chi connectivity index (χ4v) is 3.93. The van der Waals surface area contributed by atoms with Crippen molar-refractivity contribution in [3.05, 3.63) is 113 Å². The molecule has 0 aliphatic heterocycles. The molecule has 0 aliphatic carbocycles. The molecule has 4 aromatic rings. The van der Waals surface area contributed by atoms with Gasteiger partial charge in [0.15, 0.2) is 0 Å². The summed E-state index contributed by atoms with van der Waals surface area (Å²) in [6.07, 6.45) is 0. The quantitative estimate of drug-likeness (QED) is 0.237. The Balaban J connectivity index is 1.73. The van der Waals surface area contributed by atoms with Gasteiger partial charge in [0, 0.05) is 16.9 Å². The molecular weight excluding hydrogens is 399 g/mol. The van der Waals surface area contributed by atoms with E-state index in [1.54, 1.807) is 12.1 Å². The zero-order valence-electron chi connectivity index (χ0n) is 18.9. The lowest BCUT2D eigenvalue weighted by Gasteiger charge is -2.13. The van der Waals surface area contributed by atoms with E-state index in [9.17, 15) is 4.39 Å². The summed E-state index contributed by atoms with van der Waals surface area (Å²) in [4.78, 5) is 5.70. The molecule has 0 saturated carbocycles. The van der Waals surface area contributed by atoms with Gasteiger partial charge in [-0.1, -0.05) is 41.6 Å². The Morgan fingerprint density at radius 3 is 2.38 bits per heavy atom. The molecule has 162 valence electrons. The van der Waals surface area contributed by atoms with Gasteiger partial charge in [-0.3, -0.25) is 0 Å². The van der Waals surface area contributed by atoms with E-state index in [1.165, 1.54) is 23.3 Å². The van der Waals surface area contributed by atoms with E-state index in [-0.39, 0.29) is 5.82 Å². The first kappa shape index (κ1) is 21.6. The topological polar surface area (TPSA) is 26.5 Å². The van der Waals surface area contributed by atoms with Crippen molar-refractivity contribution in [1.82, 2.24) is 4.57 Å². The highest BCUT2D eigenvalue weighted by Crippen LogP contribution is 2.30. The second kappa shape index (κ2) is 9.23. The van der Waals surface area contributed by atoms with E-state index in [0.29, 0.717) is 6.61 Å². The summed E-state index contributed by atoms with van der Waals surface area (Å²) in [5, 5.41) is 4.41. The van der Waals surface area contributed by atoms with Crippen molar-refractivity contribution in [2.75, 3.05) is 0 Å². The molecule has 0 spiro atoms. The van der Waals surface area contributed by atoms with E-state index in [0.717, 1.165) is 39.5 Å². The Labute approximate surface area is 188 Å². The molecule has 1 aromatic heterocycles. The van der Waals surface area contributed by atoms with Crippen LogP contribution in [0.25, 0.3) is 16.9 Å². The minimum Gasteiger partial charge on any atom is -0.391 e. The van der Waals surface area contributed by atoms with Crippen molar-refractivity contribution in [3.63, 3.8) is 0 Å². The molecule has 4 rings (SSSR count). The Hall–Kier alpha value is -3.66. The summed E-state index contributed by atoms with van der Waals surface area (Å²) in [6, 6.07) is 25.2. The Bertz CT molecular complexity index is 1270. The Morgan fingerprint density at radius 1 is 0.906 bits per heavy atom. The highest BCUT2D eigenvalue weighted by atomic mass is 19.1. The first-order chi connectivity index (χ1) is 15.4. The van der Waals surface area contributed by atoms with Crippen LogP contribution in [-0.2, 0) is 11.4 Å². The zero-order chi connectivity index (χ0) is 22.7. The van der Waals surface area contributed by atoms with Crippen LogP contribution in [0.2, 0.25) is 0 Å². The third-order valence-electron chi connectivity index (χ3n) is 5.72. The Morgan fingerprint density at radius 2 is 1.66 bits per heavy atom. The normalized spacial score (nSPS) is 11.6. The molecule has 0 aliphatic rings. The van der Waals surface area contributed by atoms with Crippen LogP contribution in [0.5, 0.6) is 0 Å². The SMILES string of the molecule is C/C(=N\OCc1ccccc1C)c1cc(-c2ccc(F)cc2)n(-c2cccc(C)c2)c1C. The number of aryl methyl sites for hydroxylation is 2. The number of hydrogen-bond acceptors (Lipinski definition) is 2. The second-order valence-electron chi connectivity index (χ2n) is 8.09. The monoisotopic (exact) mass is 426 g/mol. The second-order valence-corrected chi connectivity index (χ2v) is 8.09. The van der Waals surface area contributed by atoms with Crippen LogP contribution in [0.4, 0.5) is 4.39 Å². The lowest BCUT2D eigenvalue weighted by Crippen LogP contribution is -2.03. The fraction of sp³-hybridized carbons (Fsp3) is 0.179. The number of aromatic nitrogens is 1. The minimum atomic E-state index is -0.248. The summed E-state index contributed by atoms with van der Waals surface area (Å²) in [7, 11) is 0. The standard InChI is InChI=1S/C28H27FN2O/c1-19-8-7-11-26(16-19)31-22(4)27(17-28(31)23-12-14-25(29)15-13-23)21(3)30-32-18-24-10-6-5-9-20(24)2/h5-17H,18H2,1-4H3/b30-21+. The molecule has 1 heterocycles. The van der Waals surface area contributed by atoms with Crippen molar-refractivity contribution < 1.29 is 9.23 Å². The van der Waals surface area contributed by atoms with Gasteiger partial charge in [0.1, 0.15) is 12.4 Å². The molecule has 0 atom stereocenters. The molecule has 4 heteroatoms. The van der Waals surface area contributed by atoms with Gasteiger partial charge in [-0.05, 0) is 92.4 Å². The van der Waals surface area contributed by atoms with Gasteiger partial charge < -0.3 is 9.40 Å². The zero-order valence-corrected chi connectivity index (χ0v) is 18.9. The lowest BCUT2D eigenvalue weighted by atomic mass is 10.1. The predicted octanol–water partition coefficient (Wildman–Crippen LogP) is 7.15. The maximum atomic E-state index is 13.6. The van der Waals surface area contributed by atoms with E-state index < -0.39 is 0 Å². The molecule has 0 bridgehead atoms. The summed E-state index contributed by atoms with van der Waals surface area (Å²) >= 11 is 0. The van der Waals surface area contributed by atoms with Crippen molar-refractivity contribution in [2.24, 2.45) is 5.16 Å². The van der Waals surface area contributed by atoms with Crippen molar-refractivity contribution in [2.45, 2.75) is 34.3 Å². The van der Waals surface area contributed by atoms with Crippen LogP contribution in [0.1, 0.15) is 34.9 Å². The van der Waals surface area contributed by atoms with E-state index in [4.69, 9.17) is 4.84 Å². The Kier molecular flexibility index (Phi) is 6.22. The molecule has 0 unspecified atom stereocenters. The molecule has 0 saturated heterocycles. The van der Waals surface area contributed by atoms with Crippen LogP contribution in [0.15, 0.2) is 84.0 Å². The lowest BCUT2D eigenvalue weighted by molar-refractivity contribution is 0.130. The maximum Gasteiger partial charge on any atom is 0.142 e. The first-order valence-corrected chi connectivity index (χ1v) is 10.7. The van der Waals surface area contributed by atoms with Gasteiger partial charge in [0.05, 0.1) is 11.4 Å². The molecule has 3 aromatic carbocycles.